The molecular formula is C12H29IN4O2S. The van der Waals surface area contributed by atoms with Gasteiger partial charge in [-0.1, -0.05) is 6.92 Å². The molecule has 1 unspecified atom stereocenters. The van der Waals surface area contributed by atoms with Crippen molar-refractivity contribution in [2.45, 2.75) is 52.6 Å². The van der Waals surface area contributed by atoms with Gasteiger partial charge in [-0.2, -0.15) is 4.31 Å². The third-order valence-electron chi connectivity index (χ3n) is 2.83. The van der Waals surface area contributed by atoms with Gasteiger partial charge in [-0.3, -0.25) is 4.99 Å². The first-order chi connectivity index (χ1) is 8.68. The molecular weight excluding hydrogens is 391 g/mol. The molecule has 0 aromatic heterocycles. The van der Waals surface area contributed by atoms with E-state index in [1.807, 2.05) is 20.8 Å². The quantitative estimate of drug-likeness (QED) is 0.269. The Labute approximate surface area is 140 Å². The summed E-state index contributed by atoms with van der Waals surface area (Å²) in [6, 6.07) is 0.265. The molecule has 0 bridgehead atoms. The van der Waals surface area contributed by atoms with Crippen molar-refractivity contribution in [3.05, 3.63) is 0 Å². The van der Waals surface area contributed by atoms with Gasteiger partial charge < -0.3 is 11.1 Å². The molecule has 0 saturated heterocycles. The highest BCUT2D eigenvalue weighted by Crippen LogP contribution is 2.05. The van der Waals surface area contributed by atoms with Crippen LogP contribution in [0.4, 0.5) is 0 Å². The predicted octanol–water partition coefficient (Wildman–Crippen LogP) is 1.37. The number of nitrogens with zero attached hydrogens (tertiary/aromatic N) is 2. The van der Waals surface area contributed by atoms with Crippen LogP contribution in [0.3, 0.4) is 0 Å². The van der Waals surface area contributed by atoms with Crippen LogP contribution in [0.5, 0.6) is 0 Å². The number of aliphatic imine (C=N–C) groups is 1. The van der Waals surface area contributed by atoms with E-state index in [0.717, 1.165) is 6.42 Å². The summed E-state index contributed by atoms with van der Waals surface area (Å²) in [4.78, 5) is 4.19. The highest BCUT2D eigenvalue weighted by molar-refractivity contribution is 14.0. The molecule has 0 aromatic carbocycles. The minimum absolute atomic E-state index is 0. The average molecular weight is 420 g/mol. The highest BCUT2D eigenvalue weighted by atomic mass is 127. The summed E-state index contributed by atoms with van der Waals surface area (Å²) in [5.41, 5.74) is 5.72. The van der Waals surface area contributed by atoms with Crippen LogP contribution in [0, 0.1) is 0 Å². The Morgan fingerprint density at radius 2 is 1.90 bits per heavy atom. The second-order valence-electron chi connectivity index (χ2n) is 5.04. The number of hydrogen-bond donors (Lipinski definition) is 2. The van der Waals surface area contributed by atoms with E-state index in [1.54, 1.807) is 0 Å². The SMILES string of the molecule is CCC(C)NC(N)=NCCCN(C(C)C)S(C)(=O)=O.I. The second-order valence-corrected chi connectivity index (χ2v) is 6.98. The molecule has 0 fully saturated rings. The number of nitrogens with one attached hydrogen (secondary N) is 1. The third kappa shape index (κ3) is 9.76. The highest BCUT2D eigenvalue weighted by Gasteiger charge is 2.18. The Morgan fingerprint density at radius 1 is 1.35 bits per heavy atom. The molecule has 0 aliphatic rings. The molecule has 6 nitrogen and oxygen atoms in total. The van der Waals surface area contributed by atoms with Crippen LogP contribution in [-0.2, 0) is 10.0 Å². The van der Waals surface area contributed by atoms with E-state index in [-0.39, 0.29) is 30.0 Å². The standard InChI is InChI=1S/C12H28N4O2S.HI/c1-6-11(4)15-12(13)14-8-7-9-16(10(2)3)19(5,17)18;/h10-11H,6-9H2,1-5H3,(H3,13,14,15);1H. The van der Waals surface area contributed by atoms with Crippen molar-refractivity contribution in [3.8, 4) is 0 Å². The third-order valence-corrected chi connectivity index (χ3v) is 4.28. The lowest BCUT2D eigenvalue weighted by Gasteiger charge is -2.23. The summed E-state index contributed by atoms with van der Waals surface area (Å²) in [5.74, 6) is 0.421. The van der Waals surface area contributed by atoms with Crippen molar-refractivity contribution in [2.75, 3.05) is 19.3 Å². The molecule has 20 heavy (non-hydrogen) atoms. The normalized spacial score (nSPS) is 14.2. The number of rotatable bonds is 8. The summed E-state index contributed by atoms with van der Waals surface area (Å²) in [7, 11) is -3.15. The Kier molecular flexibility index (Phi) is 11.8. The van der Waals surface area contributed by atoms with Gasteiger partial charge in [-0.25, -0.2) is 8.42 Å². The second kappa shape index (κ2) is 10.6. The lowest BCUT2D eigenvalue weighted by atomic mass is 10.3. The van der Waals surface area contributed by atoms with Crippen molar-refractivity contribution in [1.29, 1.82) is 0 Å². The van der Waals surface area contributed by atoms with E-state index >= 15 is 0 Å². The lowest BCUT2D eigenvalue weighted by Crippen LogP contribution is -2.39. The zero-order chi connectivity index (χ0) is 15.1. The fourth-order valence-electron chi connectivity index (χ4n) is 1.63. The Morgan fingerprint density at radius 3 is 2.30 bits per heavy atom. The number of halogens is 1. The smallest absolute Gasteiger partial charge is 0.211 e. The Balaban J connectivity index is 0. The molecule has 0 amide bonds. The molecule has 8 heteroatoms. The zero-order valence-corrected chi connectivity index (χ0v) is 16.2. The van der Waals surface area contributed by atoms with Crippen molar-refractivity contribution in [2.24, 2.45) is 10.7 Å². The number of hydrogen-bond acceptors (Lipinski definition) is 3. The predicted molar refractivity (Wildman–Crippen MR) is 96.1 cm³/mol. The van der Waals surface area contributed by atoms with Gasteiger partial charge in [0.1, 0.15) is 0 Å². The summed E-state index contributed by atoms with van der Waals surface area (Å²) in [6.45, 7) is 8.82. The van der Waals surface area contributed by atoms with Gasteiger partial charge in [0, 0.05) is 25.2 Å². The van der Waals surface area contributed by atoms with Crippen LogP contribution in [-0.4, -0.2) is 50.1 Å². The van der Waals surface area contributed by atoms with E-state index in [0.29, 0.717) is 31.5 Å². The number of nitrogens with two attached hydrogens (primary N) is 1. The minimum Gasteiger partial charge on any atom is -0.370 e. The van der Waals surface area contributed by atoms with Gasteiger partial charge in [0.15, 0.2) is 5.96 Å². The summed E-state index contributed by atoms with van der Waals surface area (Å²) in [5, 5.41) is 3.07. The molecule has 0 aliphatic carbocycles. The van der Waals surface area contributed by atoms with Crippen molar-refractivity contribution >= 4 is 40.0 Å². The van der Waals surface area contributed by atoms with Gasteiger partial charge in [-0.15, -0.1) is 24.0 Å². The number of sulfonamides is 1. The minimum atomic E-state index is -3.15. The Hall–Kier alpha value is -0.0900. The summed E-state index contributed by atoms with van der Waals surface area (Å²) >= 11 is 0. The molecule has 3 N–H and O–H groups in total. The van der Waals surface area contributed by atoms with E-state index in [9.17, 15) is 8.42 Å². The van der Waals surface area contributed by atoms with E-state index in [2.05, 4.69) is 17.2 Å². The molecule has 0 saturated carbocycles. The molecule has 0 spiro atoms. The maximum absolute atomic E-state index is 11.5. The van der Waals surface area contributed by atoms with E-state index < -0.39 is 10.0 Å². The Bertz CT molecular complexity index is 385. The summed E-state index contributed by atoms with van der Waals surface area (Å²) < 4.78 is 24.5. The largest absolute Gasteiger partial charge is 0.370 e. The first-order valence-electron chi connectivity index (χ1n) is 6.71. The average Bonchev–Trinajstić information content (AvgIpc) is 2.26. The maximum atomic E-state index is 11.5. The fourth-order valence-corrected chi connectivity index (χ4v) is 2.86. The molecule has 0 aliphatic heterocycles. The first kappa shape index (κ1) is 22.2. The topological polar surface area (TPSA) is 87.8 Å². The zero-order valence-electron chi connectivity index (χ0n) is 13.1. The van der Waals surface area contributed by atoms with Gasteiger partial charge in [-0.05, 0) is 33.6 Å². The van der Waals surface area contributed by atoms with Gasteiger partial charge >= 0.3 is 0 Å². The lowest BCUT2D eigenvalue weighted by molar-refractivity contribution is 0.354. The van der Waals surface area contributed by atoms with E-state index in [4.69, 9.17) is 5.73 Å². The van der Waals surface area contributed by atoms with Crippen LogP contribution in [0.25, 0.3) is 0 Å². The van der Waals surface area contributed by atoms with E-state index in [1.165, 1.54) is 10.6 Å². The summed E-state index contributed by atoms with van der Waals surface area (Å²) in [6.07, 6.45) is 2.87. The van der Waals surface area contributed by atoms with Crippen LogP contribution in [0.1, 0.15) is 40.5 Å². The molecule has 0 aromatic rings. The van der Waals surface area contributed by atoms with Crippen molar-refractivity contribution in [1.82, 2.24) is 9.62 Å². The fraction of sp³-hybridized carbons (Fsp3) is 0.917. The number of guanidine groups is 1. The van der Waals surface area contributed by atoms with Crippen LogP contribution in [0.2, 0.25) is 0 Å². The van der Waals surface area contributed by atoms with Gasteiger partial charge in [0.05, 0.1) is 6.26 Å². The van der Waals surface area contributed by atoms with Crippen LogP contribution >= 0.6 is 24.0 Å². The van der Waals surface area contributed by atoms with Gasteiger partial charge in [0.25, 0.3) is 0 Å². The van der Waals surface area contributed by atoms with Crippen LogP contribution in [0.15, 0.2) is 4.99 Å². The molecule has 0 rings (SSSR count). The molecule has 1 atom stereocenters. The molecule has 0 heterocycles. The van der Waals surface area contributed by atoms with Crippen molar-refractivity contribution < 1.29 is 8.42 Å². The molecule has 0 radical (unpaired) electrons. The molecule has 122 valence electrons. The monoisotopic (exact) mass is 420 g/mol. The van der Waals surface area contributed by atoms with Crippen LogP contribution < -0.4 is 11.1 Å². The van der Waals surface area contributed by atoms with Crippen molar-refractivity contribution in [3.63, 3.8) is 0 Å². The first-order valence-corrected chi connectivity index (χ1v) is 8.56. The van der Waals surface area contributed by atoms with Gasteiger partial charge in [0.2, 0.25) is 10.0 Å². The maximum Gasteiger partial charge on any atom is 0.211 e.